The molecule has 3 fully saturated rings. The molecule has 0 unspecified atom stereocenters. The lowest BCUT2D eigenvalue weighted by atomic mass is 9.75. The van der Waals surface area contributed by atoms with Crippen LogP contribution in [-0.2, 0) is 9.47 Å². The summed E-state index contributed by atoms with van der Waals surface area (Å²) in [5.41, 5.74) is 0.688. The van der Waals surface area contributed by atoms with E-state index in [0.29, 0.717) is 11.2 Å². The van der Waals surface area contributed by atoms with Gasteiger partial charge in [-0.05, 0) is 0 Å². The first kappa shape index (κ1) is 3.85. The molecule has 2 heterocycles. The van der Waals surface area contributed by atoms with Crippen molar-refractivity contribution in [2.24, 2.45) is 0 Å². The van der Waals surface area contributed by atoms with Crippen LogP contribution in [0.4, 0.5) is 0 Å². The third-order valence-electron chi connectivity index (χ3n) is 2.39. The summed E-state index contributed by atoms with van der Waals surface area (Å²) >= 11 is 0. The van der Waals surface area contributed by atoms with E-state index >= 15 is 0 Å². The first-order valence-electron chi connectivity index (χ1n) is 3.11. The van der Waals surface area contributed by atoms with Crippen LogP contribution in [0.3, 0.4) is 0 Å². The number of hydrogen-bond donors (Lipinski definition) is 0. The maximum Gasteiger partial charge on any atom is 0.0973 e. The molecule has 2 nitrogen and oxygen atoms in total. The molecule has 2 heteroatoms. The minimum atomic E-state index is 0.344. The fourth-order valence-corrected chi connectivity index (χ4v) is 1.73. The summed E-state index contributed by atoms with van der Waals surface area (Å²) in [6.45, 7) is 2.00. The zero-order valence-corrected chi connectivity index (χ0v) is 4.64. The number of epoxide rings is 2. The Morgan fingerprint density at radius 3 is 1.50 bits per heavy atom. The van der Waals surface area contributed by atoms with Crippen LogP contribution < -0.4 is 0 Å². The average molecular weight is 112 g/mol. The molecule has 2 aliphatic heterocycles. The lowest BCUT2D eigenvalue weighted by molar-refractivity contribution is 0.0834. The van der Waals surface area contributed by atoms with Crippen molar-refractivity contribution in [1.29, 1.82) is 0 Å². The molecule has 0 aromatic rings. The Labute approximate surface area is 47.8 Å². The Morgan fingerprint density at radius 2 is 1.25 bits per heavy atom. The molecule has 0 atom stereocenters. The molecule has 1 saturated carbocycles. The van der Waals surface area contributed by atoms with Crippen LogP contribution >= 0.6 is 0 Å². The van der Waals surface area contributed by atoms with Crippen molar-refractivity contribution in [2.75, 3.05) is 13.2 Å². The molecule has 2 saturated heterocycles. The predicted molar refractivity (Wildman–Crippen MR) is 26.6 cm³/mol. The van der Waals surface area contributed by atoms with Gasteiger partial charge in [-0.2, -0.15) is 0 Å². The normalized spacial score (nSPS) is 66.0. The van der Waals surface area contributed by atoms with E-state index in [9.17, 15) is 0 Å². The summed E-state index contributed by atoms with van der Waals surface area (Å²) < 4.78 is 10.5. The minimum absolute atomic E-state index is 0.344. The standard InChI is InChI=1S/C6H8O2/c1-5(3-7-5)2-6(1)4-8-6/h1-4H2. The van der Waals surface area contributed by atoms with Crippen molar-refractivity contribution in [1.82, 2.24) is 0 Å². The second kappa shape index (κ2) is 0.755. The number of ether oxygens (including phenoxy) is 2. The van der Waals surface area contributed by atoms with E-state index in [0.717, 1.165) is 13.2 Å². The molecule has 0 radical (unpaired) electrons. The maximum absolute atomic E-state index is 5.23. The number of rotatable bonds is 0. The molecule has 2 spiro atoms. The van der Waals surface area contributed by atoms with Gasteiger partial charge >= 0.3 is 0 Å². The molecule has 44 valence electrons. The molecule has 0 N–H and O–H groups in total. The molecular formula is C6H8O2. The second-order valence-corrected chi connectivity index (χ2v) is 3.30. The lowest BCUT2D eigenvalue weighted by Crippen LogP contribution is -2.39. The van der Waals surface area contributed by atoms with Gasteiger partial charge in [-0.3, -0.25) is 0 Å². The quantitative estimate of drug-likeness (QED) is 0.421. The van der Waals surface area contributed by atoms with Crippen molar-refractivity contribution < 1.29 is 9.47 Å². The summed E-state index contributed by atoms with van der Waals surface area (Å²) in [6, 6.07) is 0. The van der Waals surface area contributed by atoms with Gasteiger partial charge in [-0.15, -0.1) is 0 Å². The molecule has 3 aliphatic rings. The van der Waals surface area contributed by atoms with Gasteiger partial charge in [0.15, 0.2) is 0 Å². The molecule has 0 amide bonds. The highest BCUT2D eigenvalue weighted by Gasteiger charge is 2.69. The van der Waals surface area contributed by atoms with E-state index in [2.05, 4.69) is 0 Å². The van der Waals surface area contributed by atoms with E-state index < -0.39 is 0 Å². The van der Waals surface area contributed by atoms with Gasteiger partial charge in [-0.1, -0.05) is 0 Å². The monoisotopic (exact) mass is 112 g/mol. The molecule has 0 aromatic carbocycles. The molecule has 1 aliphatic carbocycles. The first-order chi connectivity index (χ1) is 3.83. The van der Waals surface area contributed by atoms with Gasteiger partial charge in [0.25, 0.3) is 0 Å². The zero-order chi connectivity index (χ0) is 5.24. The molecular weight excluding hydrogens is 104 g/mol. The highest BCUT2D eigenvalue weighted by molar-refractivity contribution is 5.18. The average Bonchev–Trinajstić information content (AvgIpc) is 2.41. The first-order valence-corrected chi connectivity index (χ1v) is 3.11. The summed E-state index contributed by atoms with van der Waals surface area (Å²) in [6.07, 6.45) is 2.36. The molecule has 3 rings (SSSR count). The Hall–Kier alpha value is -0.0800. The van der Waals surface area contributed by atoms with Gasteiger partial charge < -0.3 is 9.47 Å². The lowest BCUT2D eigenvalue weighted by Gasteiger charge is -2.29. The predicted octanol–water partition coefficient (Wildman–Crippen LogP) is 0.318. The third kappa shape index (κ3) is 0.298. The smallest absolute Gasteiger partial charge is 0.0973 e. The Morgan fingerprint density at radius 1 is 0.875 bits per heavy atom. The molecule has 8 heavy (non-hydrogen) atoms. The maximum atomic E-state index is 5.23. The van der Waals surface area contributed by atoms with Crippen molar-refractivity contribution in [2.45, 2.75) is 24.0 Å². The second-order valence-electron chi connectivity index (χ2n) is 3.30. The van der Waals surface area contributed by atoms with Gasteiger partial charge in [0.05, 0.1) is 24.4 Å². The van der Waals surface area contributed by atoms with Crippen LogP contribution in [0.5, 0.6) is 0 Å². The van der Waals surface area contributed by atoms with Gasteiger partial charge in [-0.25, -0.2) is 0 Å². The molecule has 0 aromatic heterocycles. The van der Waals surface area contributed by atoms with Gasteiger partial charge in [0.1, 0.15) is 0 Å². The van der Waals surface area contributed by atoms with Gasteiger partial charge in [0.2, 0.25) is 0 Å². The van der Waals surface area contributed by atoms with Crippen molar-refractivity contribution in [3.63, 3.8) is 0 Å². The Balaban J connectivity index is 1.83. The van der Waals surface area contributed by atoms with E-state index in [1.165, 1.54) is 12.8 Å². The summed E-state index contributed by atoms with van der Waals surface area (Å²) in [4.78, 5) is 0. The van der Waals surface area contributed by atoms with Crippen LogP contribution in [0.15, 0.2) is 0 Å². The van der Waals surface area contributed by atoms with Crippen molar-refractivity contribution in [3.8, 4) is 0 Å². The highest BCUT2D eigenvalue weighted by atomic mass is 16.6. The van der Waals surface area contributed by atoms with Crippen molar-refractivity contribution >= 4 is 0 Å². The van der Waals surface area contributed by atoms with Crippen LogP contribution in [-0.4, -0.2) is 24.4 Å². The van der Waals surface area contributed by atoms with Crippen molar-refractivity contribution in [3.05, 3.63) is 0 Å². The van der Waals surface area contributed by atoms with E-state index in [1.54, 1.807) is 0 Å². The summed E-state index contributed by atoms with van der Waals surface area (Å²) in [5.74, 6) is 0. The fraction of sp³-hybridized carbons (Fsp3) is 1.00. The van der Waals surface area contributed by atoms with Crippen LogP contribution in [0, 0.1) is 0 Å². The zero-order valence-electron chi connectivity index (χ0n) is 4.64. The van der Waals surface area contributed by atoms with E-state index in [-0.39, 0.29) is 0 Å². The minimum Gasteiger partial charge on any atom is -0.369 e. The molecule has 0 bridgehead atoms. The number of hydrogen-bond acceptors (Lipinski definition) is 2. The summed E-state index contributed by atoms with van der Waals surface area (Å²) in [5, 5.41) is 0. The summed E-state index contributed by atoms with van der Waals surface area (Å²) in [7, 11) is 0. The van der Waals surface area contributed by atoms with E-state index in [4.69, 9.17) is 9.47 Å². The Bertz CT molecular complexity index is 119. The fourth-order valence-electron chi connectivity index (χ4n) is 1.73. The Kier molecular flexibility index (Phi) is 0.364. The SMILES string of the molecule is C1OC12CC1(CO1)C2. The topological polar surface area (TPSA) is 25.1 Å². The van der Waals surface area contributed by atoms with Gasteiger partial charge in [0, 0.05) is 12.8 Å². The largest absolute Gasteiger partial charge is 0.369 e. The van der Waals surface area contributed by atoms with E-state index in [1.807, 2.05) is 0 Å². The van der Waals surface area contributed by atoms with Crippen LogP contribution in [0.1, 0.15) is 12.8 Å². The third-order valence-corrected chi connectivity index (χ3v) is 2.39. The van der Waals surface area contributed by atoms with Crippen LogP contribution in [0.2, 0.25) is 0 Å². The van der Waals surface area contributed by atoms with Crippen LogP contribution in [0.25, 0.3) is 0 Å². The highest BCUT2D eigenvalue weighted by Crippen LogP contribution is 2.59.